The van der Waals surface area contributed by atoms with E-state index in [0.717, 1.165) is 5.01 Å². The molecule has 0 amide bonds. The van der Waals surface area contributed by atoms with E-state index in [0.29, 0.717) is 0 Å². The Morgan fingerprint density at radius 2 is 2.21 bits per heavy atom. The van der Waals surface area contributed by atoms with Gasteiger partial charge in [0, 0.05) is 11.6 Å². The summed E-state index contributed by atoms with van der Waals surface area (Å²) in [6.07, 6.45) is 1.70. The van der Waals surface area contributed by atoms with Crippen LogP contribution in [0.15, 0.2) is 11.6 Å². The van der Waals surface area contributed by atoms with Crippen molar-refractivity contribution in [2.24, 2.45) is 0 Å². The lowest BCUT2D eigenvalue weighted by molar-refractivity contribution is -0.156. The third kappa shape index (κ3) is 3.10. The van der Waals surface area contributed by atoms with Crippen molar-refractivity contribution in [3.8, 4) is 0 Å². The van der Waals surface area contributed by atoms with Gasteiger partial charge < -0.3 is 4.74 Å². The Kier molecular flexibility index (Phi) is 3.26. The fourth-order valence-electron chi connectivity index (χ4n) is 0.939. The lowest BCUT2D eigenvalue weighted by Crippen LogP contribution is -2.26. The van der Waals surface area contributed by atoms with E-state index >= 15 is 0 Å². The molecule has 1 atom stereocenters. The van der Waals surface area contributed by atoms with E-state index in [9.17, 15) is 4.79 Å². The van der Waals surface area contributed by atoms with Crippen LogP contribution in [0.4, 0.5) is 0 Å². The summed E-state index contributed by atoms with van der Waals surface area (Å²) in [6.45, 7) is 7.39. The standard InChI is InChI=1S/C10H15NO2S/c1-7(8-11-5-6-14-8)9(12)13-10(2,3)4/h5-7H,1-4H3. The van der Waals surface area contributed by atoms with Crippen molar-refractivity contribution < 1.29 is 9.53 Å². The summed E-state index contributed by atoms with van der Waals surface area (Å²) in [7, 11) is 0. The predicted molar refractivity (Wildman–Crippen MR) is 56.4 cm³/mol. The highest BCUT2D eigenvalue weighted by Gasteiger charge is 2.24. The lowest BCUT2D eigenvalue weighted by atomic mass is 10.1. The molecule has 0 spiro atoms. The van der Waals surface area contributed by atoms with Crippen LogP contribution in [0.3, 0.4) is 0 Å². The number of hydrogen-bond donors (Lipinski definition) is 0. The molecular weight excluding hydrogens is 198 g/mol. The van der Waals surface area contributed by atoms with Crippen LogP contribution in [0.5, 0.6) is 0 Å². The van der Waals surface area contributed by atoms with Crippen LogP contribution in [-0.2, 0) is 9.53 Å². The van der Waals surface area contributed by atoms with Gasteiger partial charge >= 0.3 is 5.97 Å². The van der Waals surface area contributed by atoms with Gasteiger partial charge in [-0.05, 0) is 27.7 Å². The first-order valence-electron chi connectivity index (χ1n) is 4.52. The molecule has 1 rings (SSSR count). The Morgan fingerprint density at radius 3 is 2.64 bits per heavy atom. The lowest BCUT2D eigenvalue weighted by Gasteiger charge is -2.21. The van der Waals surface area contributed by atoms with Gasteiger partial charge in [-0.25, -0.2) is 4.98 Å². The number of ether oxygens (including phenoxy) is 1. The first-order chi connectivity index (χ1) is 6.40. The van der Waals surface area contributed by atoms with Gasteiger partial charge in [0.2, 0.25) is 0 Å². The second kappa shape index (κ2) is 4.09. The SMILES string of the molecule is CC(C(=O)OC(C)(C)C)c1nccs1. The Labute approximate surface area is 88.1 Å². The van der Waals surface area contributed by atoms with Crippen LogP contribution in [0.2, 0.25) is 0 Å². The maximum absolute atomic E-state index is 11.6. The zero-order chi connectivity index (χ0) is 10.8. The zero-order valence-electron chi connectivity index (χ0n) is 8.90. The van der Waals surface area contributed by atoms with E-state index in [1.165, 1.54) is 11.3 Å². The first kappa shape index (κ1) is 11.2. The van der Waals surface area contributed by atoms with Gasteiger partial charge in [-0.3, -0.25) is 4.79 Å². The fourth-order valence-corrected chi connectivity index (χ4v) is 1.62. The Bertz CT molecular complexity index is 300. The molecule has 0 bridgehead atoms. The molecule has 0 saturated carbocycles. The van der Waals surface area contributed by atoms with Crippen molar-refractivity contribution >= 4 is 17.3 Å². The molecule has 1 aromatic heterocycles. The van der Waals surface area contributed by atoms with E-state index in [2.05, 4.69) is 4.98 Å². The molecule has 3 nitrogen and oxygen atoms in total. The highest BCUT2D eigenvalue weighted by molar-refractivity contribution is 7.09. The molecule has 0 N–H and O–H groups in total. The topological polar surface area (TPSA) is 39.2 Å². The van der Waals surface area contributed by atoms with Gasteiger partial charge in [-0.2, -0.15) is 0 Å². The van der Waals surface area contributed by atoms with E-state index in [1.807, 2.05) is 33.1 Å². The van der Waals surface area contributed by atoms with Crippen molar-refractivity contribution in [1.82, 2.24) is 4.98 Å². The minimum Gasteiger partial charge on any atom is -0.459 e. The average Bonchev–Trinajstić information content (AvgIpc) is 2.51. The van der Waals surface area contributed by atoms with Crippen LogP contribution < -0.4 is 0 Å². The zero-order valence-corrected chi connectivity index (χ0v) is 9.72. The van der Waals surface area contributed by atoms with Gasteiger partial charge in [0.05, 0.1) is 0 Å². The van der Waals surface area contributed by atoms with Crippen molar-refractivity contribution in [2.45, 2.75) is 39.2 Å². The summed E-state index contributed by atoms with van der Waals surface area (Å²) < 4.78 is 5.25. The Hall–Kier alpha value is -0.900. The number of esters is 1. The van der Waals surface area contributed by atoms with Gasteiger partial charge in [-0.15, -0.1) is 11.3 Å². The van der Waals surface area contributed by atoms with E-state index in [4.69, 9.17) is 4.74 Å². The van der Waals surface area contributed by atoms with Crippen LogP contribution in [0, 0.1) is 0 Å². The largest absolute Gasteiger partial charge is 0.459 e. The highest BCUT2D eigenvalue weighted by atomic mass is 32.1. The Balaban J connectivity index is 2.63. The summed E-state index contributed by atoms with van der Waals surface area (Å²) in [6, 6.07) is 0. The van der Waals surface area contributed by atoms with Crippen molar-refractivity contribution in [2.75, 3.05) is 0 Å². The molecular formula is C10H15NO2S. The molecule has 0 radical (unpaired) electrons. The van der Waals surface area contributed by atoms with Gasteiger partial charge in [-0.1, -0.05) is 0 Å². The molecule has 1 heterocycles. The minimum atomic E-state index is -0.428. The molecule has 0 fully saturated rings. The van der Waals surface area contributed by atoms with Crippen molar-refractivity contribution in [3.63, 3.8) is 0 Å². The molecule has 0 aliphatic carbocycles. The smallest absolute Gasteiger partial charge is 0.316 e. The Morgan fingerprint density at radius 1 is 1.57 bits per heavy atom. The third-order valence-electron chi connectivity index (χ3n) is 1.58. The monoisotopic (exact) mass is 213 g/mol. The number of aromatic nitrogens is 1. The second-order valence-corrected chi connectivity index (χ2v) is 5.05. The van der Waals surface area contributed by atoms with Crippen LogP contribution in [-0.4, -0.2) is 16.6 Å². The summed E-state index contributed by atoms with van der Waals surface area (Å²) in [5, 5.41) is 2.66. The van der Waals surface area contributed by atoms with Crippen molar-refractivity contribution in [1.29, 1.82) is 0 Å². The third-order valence-corrected chi connectivity index (χ3v) is 2.54. The molecule has 0 saturated heterocycles. The molecule has 1 aromatic rings. The number of thiazole rings is 1. The molecule has 14 heavy (non-hydrogen) atoms. The first-order valence-corrected chi connectivity index (χ1v) is 5.40. The summed E-state index contributed by atoms with van der Waals surface area (Å²) in [4.78, 5) is 15.7. The summed E-state index contributed by atoms with van der Waals surface area (Å²) in [5.41, 5.74) is -0.428. The molecule has 4 heteroatoms. The quantitative estimate of drug-likeness (QED) is 0.709. The molecule has 0 aliphatic heterocycles. The van der Waals surface area contributed by atoms with Gasteiger partial charge in [0.1, 0.15) is 16.5 Å². The van der Waals surface area contributed by atoms with E-state index in [-0.39, 0.29) is 11.9 Å². The average molecular weight is 213 g/mol. The predicted octanol–water partition coefficient (Wildman–Crippen LogP) is 2.59. The maximum Gasteiger partial charge on any atom is 0.316 e. The molecule has 0 aliphatic rings. The number of nitrogens with zero attached hydrogens (tertiary/aromatic N) is 1. The van der Waals surface area contributed by atoms with E-state index in [1.54, 1.807) is 6.20 Å². The van der Waals surface area contributed by atoms with Crippen molar-refractivity contribution in [3.05, 3.63) is 16.6 Å². The van der Waals surface area contributed by atoms with E-state index < -0.39 is 5.60 Å². The number of rotatable bonds is 2. The van der Waals surface area contributed by atoms with Gasteiger partial charge in [0.15, 0.2) is 0 Å². The highest BCUT2D eigenvalue weighted by Crippen LogP contribution is 2.21. The minimum absolute atomic E-state index is 0.215. The molecule has 1 unspecified atom stereocenters. The van der Waals surface area contributed by atoms with Gasteiger partial charge in [0.25, 0.3) is 0 Å². The number of hydrogen-bond acceptors (Lipinski definition) is 4. The van der Waals surface area contributed by atoms with Crippen LogP contribution in [0.1, 0.15) is 38.6 Å². The number of carbonyl (C=O) groups excluding carboxylic acids is 1. The number of carbonyl (C=O) groups is 1. The second-order valence-electron chi connectivity index (χ2n) is 4.13. The molecule has 78 valence electrons. The fraction of sp³-hybridized carbons (Fsp3) is 0.600. The van der Waals surface area contributed by atoms with Crippen LogP contribution >= 0.6 is 11.3 Å². The van der Waals surface area contributed by atoms with Crippen LogP contribution in [0.25, 0.3) is 0 Å². The maximum atomic E-state index is 11.6. The molecule has 0 aromatic carbocycles. The summed E-state index contributed by atoms with van der Waals surface area (Å²) in [5.74, 6) is -0.485. The summed E-state index contributed by atoms with van der Waals surface area (Å²) >= 11 is 1.47. The normalized spacial score (nSPS) is 13.7.